The van der Waals surface area contributed by atoms with Crippen molar-refractivity contribution >= 4 is 16.1 Å². The van der Waals surface area contributed by atoms with Gasteiger partial charge in [0.1, 0.15) is 6.17 Å². The van der Waals surface area contributed by atoms with Crippen LogP contribution in [0.2, 0.25) is 0 Å². The lowest BCUT2D eigenvalue weighted by Gasteiger charge is -2.47. The molecule has 0 spiro atoms. The number of halogens is 3. The second-order valence-electron chi connectivity index (χ2n) is 6.65. The Balaban J connectivity index is 1.84. The first-order valence-corrected chi connectivity index (χ1v) is 9.07. The van der Waals surface area contributed by atoms with Gasteiger partial charge in [-0.05, 0) is 37.5 Å². The predicted molar refractivity (Wildman–Crippen MR) is 73.4 cm³/mol. The third kappa shape index (κ3) is 2.96. The minimum absolute atomic E-state index is 0.0258. The number of carbonyl (C=O) groups excluding carboxylic acids is 1. The van der Waals surface area contributed by atoms with E-state index in [1.165, 1.54) is 0 Å². The third-order valence-electron chi connectivity index (χ3n) is 5.30. The molecule has 6 atom stereocenters. The van der Waals surface area contributed by atoms with Gasteiger partial charge in [0.2, 0.25) is 12.3 Å². The Hall–Kier alpha value is -0.870. The molecule has 1 saturated heterocycles. The van der Waals surface area contributed by atoms with Gasteiger partial charge in [0.05, 0.1) is 18.7 Å². The van der Waals surface area contributed by atoms with Gasteiger partial charge in [0.15, 0.2) is 0 Å². The normalized spacial score (nSPS) is 44.1. The fourth-order valence-corrected chi connectivity index (χ4v) is 5.54. The van der Waals surface area contributed by atoms with E-state index >= 15 is 0 Å². The molecule has 3 aliphatic rings. The summed E-state index contributed by atoms with van der Waals surface area (Å²) in [5.74, 6) is -2.65. The highest BCUT2D eigenvalue weighted by Crippen LogP contribution is 2.47. The van der Waals surface area contributed by atoms with Gasteiger partial charge in [-0.2, -0.15) is 12.7 Å². The van der Waals surface area contributed by atoms with Crippen molar-refractivity contribution in [1.29, 1.82) is 0 Å². The van der Waals surface area contributed by atoms with E-state index < -0.39 is 59.2 Å². The standard InChI is InChI=1S/C13H19F3N2O4S/c14-11-8-3-7(13(15)16)2-1-6(8)4-9(19)12(11)18-5-10(20)17-23(18,21)22/h6-9,11-13,19H,1-5H2,(H,17,20). The summed E-state index contributed by atoms with van der Waals surface area (Å²) in [7, 11) is -4.18. The number of hydrogen-bond acceptors (Lipinski definition) is 4. The molecule has 132 valence electrons. The Morgan fingerprint density at radius 3 is 2.52 bits per heavy atom. The molecule has 23 heavy (non-hydrogen) atoms. The van der Waals surface area contributed by atoms with Gasteiger partial charge < -0.3 is 5.11 Å². The molecule has 0 aromatic heterocycles. The minimum Gasteiger partial charge on any atom is -0.391 e. The molecule has 3 fully saturated rings. The van der Waals surface area contributed by atoms with E-state index in [0.717, 1.165) is 0 Å². The van der Waals surface area contributed by atoms with Crippen LogP contribution < -0.4 is 4.72 Å². The highest BCUT2D eigenvalue weighted by Gasteiger charge is 2.54. The van der Waals surface area contributed by atoms with E-state index in [-0.39, 0.29) is 25.2 Å². The van der Waals surface area contributed by atoms with Crippen LogP contribution in [0.1, 0.15) is 25.7 Å². The van der Waals surface area contributed by atoms with E-state index in [2.05, 4.69) is 0 Å². The Bertz CT molecular complexity index is 588. The van der Waals surface area contributed by atoms with Crippen LogP contribution in [0.5, 0.6) is 0 Å². The van der Waals surface area contributed by atoms with E-state index in [1.54, 1.807) is 4.72 Å². The van der Waals surface area contributed by atoms with Crippen LogP contribution in [0, 0.1) is 17.8 Å². The zero-order valence-electron chi connectivity index (χ0n) is 12.2. The summed E-state index contributed by atoms with van der Waals surface area (Å²) in [4.78, 5) is 11.3. The summed E-state index contributed by atoms with van der Waals surface area (Å²) < 4.78 is 66.9. The lowest BCUT2D eigenvalue weighted by atomic mass is 9.64. The van der Waals surface area contributed by atoms with Crippen molar-refractivity contribution < 1.29 is 31.5 Å². The van der Waals surface area contributed by atoms with Crippen LogP contribution in [0.4, 0.5) is 13.2 Å². The highest BCUT2D eigenvalue weighted by molar-refractivity contribution is 7.88. The summed E-state index contributed by atoms with van der Waals surface area (Å²) in [5.41, 5.74) is 0. The molecule has 0 aromatic carbocycles. The molecule has 2 saturated carbocycles. The summed E-state index contributed by atoms with van der Waals surface area (Å²) in [6.07, 6.45) is -4.75. The number of alkyl halides is 3. The van der Waals surface area contributed by atoms with Gasteiger partial charge in [0.25, 0.3) is 0 Å². The van der Waals surface area contributed by atoms with Crippen molar-refractivity contribution in [3.05, 3.63) is 0 Å². The molecule has 0 radical (unpaired) electrons. The largest absolute Gasteiger partial charge is 0.391 e. The number of amides is 1. The lowest BCUT2D eigenvalue weighted by Crippen LogP contribution is -2.59. The van der Waals surface area contributed by atoms with E-state index in [1.807, 2.05) is 0 Å². The molecule has 1 amide bonds. The summed E-state index contributed by atoms with van der Waals surface area (Å²) in [6.45, 7) is -0.555. The molecule has 6 nitrogen and oxygen atoms in total. The van der Waals surface area contributed by atoms with Gasteiger partial charge in [0, 0.05) is 5.92 Å². The van der Waals surface area contributed by atoms with Crippen LogP contribution >= 0.6 is 0 Å². The molecular weight excluding hydrogens is 337 g/mol. The number of nitrogens with zero attached hydrogens (tertiary/aromatic N) is 1. The van der Waals surface area contributed by atoms with Crippen molar-refractivity contribution in [3.63, 3.8) is 0 Å². The number of nitrogens with one attached hydrogen (secondary N) is 1. The van der Waals surface area contributed by atoms with Gasteiger partial charge in [-0.25, -0.2) is 17.9 Å². The first-order valence-electron chi connectivity index (χ1n) is 7.63. The molecule has 6 unspecified atom stereocenters. The van der Waals surface area contributed by atoms with E-state index in [9.17, 15) is 31.5 Å². The smallest absolute Gasteiger partial charge is 0.304 e. The number of aliphatic hydroxyl groups excluding tert-OH is 1. The Kier molecular flexibility index (Phi) is 4.35. The zero-order chi connectivity index (χ0) is 16.9. The fourth-order valence-electron chi connectivity index (χ4n) is 4.21. The van der Waals surface area contributed by atoms with Crippen molar-refractivity contribution in [1.82, 2.24) is 9.03 Å². The van der Waals surface area contributed by atoms with Crippen LogP contribution in [0.15, 0.2) is 0 Å². The number of fused-ring (bicyclic) bond motifs is 1. The average Bonchev–Trinajstić information content (AvgIpc) is 2.71. The maximum atomic E-state index is 14.9. The van der Waals surface area contributed by atoms with Crippen molar-refractivity contribution in [3.8, 4) is 0 Å². The van der Waals surface area contributed by atoms with Gasteiger partial charge in [-0.1, -0.05) is 0 Å². The van der Waals surface area contributed by atoms with Crippen LogP contribution in [-0.4, -0.2) is 55.0 Å². The minimum atomic E-state index is -4.18. The summed E-state index contributed by atoms with van der Waals surface area (Å²) in [5, 5.41) is 10.2. The summed E-state index contributed by atoms with van der Waals surface area (Å²) >= 11 is 0. The van der Waals surface area contributed by atoms with Crippen molar-refractivity contribution in [2.45, 2.75) is 50.4 Å². The average molecular weight is 356 g/mol. The maximum absolute atomic E-state index is 14.9. The van der Waals surface area contributed by atoms with E-state index in [4.69, 9.17) is 0 Å². The molecule has 3 rings (SSSR count). The molecule has 0 aromatic rings. The number of rotatable bonds is 2. The Morgan fingerprint density at radius 1 is 1.26 bits per heavy atom. The lowest BCUT2D eigenvalue weighted by molar-refractivity contribution is -0.120. The highest BCUT2D eigenvalue weighted by atomic mass is 32.2. The van der Waals surface area contributed by atoms with Crippen molar-refractivity contribution in [2.24, 2.45) is 17.8 Å². The molecule has 2 N–H and O–H groups in total. The second-order valence-corrected chi connectivity index (χ2v) is 8.27. The molecule has 2 aliphatic carbocycles. The predicted octanol–water partition coefficient (Wildman–Crippen LogP) is 0.432. The first kappa shape index (κ1) is 17.0. The number of hydrogen-bond donors (Lipinski definition) is 2. The number of carbonyl (C=O) groups is 1. The molecular formula is C13H19F3N2O4S. The topological polar surface area (TPSA) is 86.7 Å². The van der Waals surface area contributed by atoms with Crippen LogP contribution in [-0.2, 0) is 15.0 Å². The van der Waals surface area contributed by atoms with E-state index in [0.29, 0.717) is 10.7 Å². The van der Waals surface area contributed by atoms with Crippen molar-refractivity contribution in [2.75, 3.05) is 6.54 Å². The first-order chi connectivity index (χ1) is 10.7. The van der Waals surface area contributed by atoms with Crippen LogP contribution in [0.3, 0.4) is 0 Å². The van der Waals surface area contributed by atoms with Gasteiger partial charge in [-0.15, -0.1) is 0 Å². The van der Waals surface area contributed by atoms with Crippen LogP contribution in [0.25, 0.3) is 0 Å². The molecule has 0 bridgehead atoms. The maximum Gasteiger partial charge on any atom is 0.304 e. The SMILES string of the molecule is O=C1CN(C2C(O)CC3CCC(C(F)F)CC3C2F)S(=O)(=O)N1. The Labute approximate surface area is 132 Å². The summed E-state index contributed by atoms with van der Waals surface area (Å²) in [6, 6.07) is -1.41. The second kappa shape index (κ2) is 5.89. The Morgan fingerprint density at radius 2 is 1.96 bits per heavy atom. The quantitative estimate of drug-likeness (QED) is 0.751. The van der Waals surface area contributed by atoms with Gasteiger partial charge in [-0.3, -0.25) is 4.79 Å². The van der Waals surface area contributed by atoms with Gasteiger partial charge >= 0.3 is 10.2 Å². The molecule has 10 heteroatoms. The molecule has 1 heterocycles. The zero-order valence-corrected chi connectivity index (χ0v) is 13.1. The third-order valence-corrected chi connectivity index (χ3v) is 6.78. The monoisotopic (exact) mass is 356 g/mol. The number of aliphatic hydroxyl groups is 1. The molecule has 1 aliphatic heterocycles. The fraction of sp³-hybridized carbons (Fsp3) is 0.923.